The Bertz CT molecular complexity index is 833. The first-order valence-corrected chi connectivity index (χ1v) is 9.60. The maximum absolute atomic E-state index is 12.7. The van der Waals surface area contributed by atoms with Crippen molar-refractivity contribution in [3.63, 3.8) is 0 Å². The maximum Gasteiger partial charge on any atom is 0.223 e. The molecule has 1 N–H and O–H groups in total. The molecule has 0 bridgehead atoms. The fourth-order valence-corrected chi connectivity index (χ4v) is 3.83. The van der Waals surface area contributed by atoms with Crippen molar-refractivity contribution in [3.05, 3.63) is 40.2 Å². The number of carbonyl (C=O) groups excluding carboxylic acids is 1. The fraction of sp³-hybridized carbons (Fsp3) is 0.600. The Morgan fingerprint density at radius 1 is 1.23 bits per heavy atom. The van der Waals surface area contributed by atoms with Crippen molar-refractivity contribution < 1.29 is 4.79 Å². The third-order valence-electron chi connectivity index (χ3n) is 5.40. The zero-order chi connectivity index (χ0) is 18.3. The summed E-state index contributed by atoms with van der Waals surface area (Å²) in [5.41, 5.74) is 5.70. The first-order chi connectivity index (χ1) is 12.4. The molecule has 138 valence electrons. The van der Waals surface area contributed by atoms with Gasteiger partial charge in [0.15, 0.2) is 0 Å². The van der Waals surface area contributed by atoms with E-state index in [1.165, 1.54) is 24.1 Å². The highest BCUT2D eigenvalue weighted by molar-refractivity contribution is 5.77. The van der Waals surface area contributed by atoms with Crippen LogP contribution in [0.3, 0.4) is 0 Å². The van der Waals surface area contributed by atoms with Crippen LogP contribution in [0.1, 0.15) is 74.1 Å². The molecule has 2 aromatic heterocycles. The SMILES string of the molecule is CC(C)(C)c1ncc2c(n1)CN(C(=O)CCc1n[nH]c3c1CCCC3)C2. The third kappa shape index (κ3) is 3.24. The average molecular weight is 353 g/mol. The summed E-state index contributed by atoms with van der Waals surface area (Å²) in [4.78, 5) is 23.8. The normalized spacial score (nSPS) is 16.5. The van der Waals surface area contributed by atoms with Gasteiger partial charge in [0.2, 0.25) is 5.91 Å². The van der Waals surface area contributed by atoms with Crippen molar-refractivity contribution in [2.45, 2.75) is 77.8 Å². The van der Waals surface area contributed by atoms with Crippen LogP contribution in [0.25, 0.3) is 0 Å². The van der Waals surface area contributed by atoms with Gasteiger partial charge < -0.3 is 4.90 Å². The monoisotopic (exact) mass is 353 g/mol. The number of fused-ring (bicyclic) bond motifs is 2. The Labute approximate surface area is 154 Å². The number of aromatic nitrogens is 4. The molecular formula is C20H27N5O. The number of H-pyrrole nitrogens is 1. The Balaban J connectivity index is 1.39. The molecule has 1 aliphatic heterocycles. The van der Waals surface area contributed by atoms with Gasteiger partial charge in [-0.2, -0.15) is 5.10 Å². The Hall–Kier alpha value is -2.24. The summed E-state index contributed by atoms with van der Waals surface area (Å²) in [6, 6.07) is 0. The minimum absolute atomic E-state index is 0.0779. The van der Waals surface area contributed by atoms with Crippen LogP contribution < -0.4 is 0 Å². The van der Waals surface area contributed by atoms with Crippen LogP contribution in [0.2, 0.25) is 0 Å². The summed E-state index contributed by atoms with van der Waals surface area (Å²) >= 11 is 0. The van der Waals surface area contributed by atoms with Gasteiger partial charge in [0, 0.05) is 42.3 Å². The number of hydrogen-bond acceptors (Lipinski definition) is 4. The summed E-state index contributed by atoms with van der Waals surface area (Å²) in [5.74, 6) is 1.02. The summed E-state index contributed by atoms with van der Waals surface area (Å²) < 4.78 is 0. The molecule has 1 amide bonds. The molecule has 3 heterocycles. The highest BCUT2D eigenvalue weighted by Gasteiger charge is 2.27. The molecule has 6 heteroatoms. The first kappa shape index (κ1) is 17.2. The molecule has 0 radical (unpaired) electrons. The van der Waals surface area contributed by atoms with Crippen LogP contribution in [0, 0.1) is 0 Å². The molecular weight excluding hydrogens is 326 g/mol. The summed E-state index contributed by atoms with van der Waals surface area (Å²) in [7, 11) is 0. The van der Waals surface area contributed by atoms with Crippen molar-refractivity contribution in [1.29, 1.82) is 0 Å². The second-order valence-corrected chi connectivity index (χ2v) is 8.50. The third-order valence-corrected chi connectivity index (χ3v) is 5.40. The number of aromatic amines is 1. The molecule has 0 spiro atoms. The van der Waals surface area contributed by atoms with E-state index in [0.717, 1.165) is 42.0 Å². The van der Waals surface area contributed by atoms with Gasteiger partial charge in [-0.1, -0.05) is 20.8 Å². The molecule has 2 aromatic rings. The second-order valence-electron chi connectivity index (χ2n) is 8.50. The molecule has 1 aliphatic carbocycles. The molecule has 0 saturated heterocycles. The highest BCUT2D eigenvalue weighted by atomic mass is 16.2. The largest absolute Gasteiger partial charge is 0.332 e. The number of nitrogens with zero attached hydrogens (tertiary/aromatic N) is 4. The van der Waals surface area contributed by atoms with E-state index in [-0.39, 0.29) is 11.3 Å². The van der Waals surface area contributed by atoms with Crippen molar-refractivity contribution in [1.82, 2.24) is 25.1 Å². The molecule has 0 aromatic carbocycles. The molecule has 4 rings (SSSR count). The van der Waals surface area contributed by atoms with E-state index >= 15 is 0 Å². The van der Waals surface area contributed by atoms with Crippen LogP contribution >= 0.6 is 0 Å². The van der Waals surface area contributed by atoms with E-state index in [0.29, 0.717) is 19.5 Å². The van der Waals surface area contributed by atoms with E-state index in [2.05, 4.69) is 36.0 Å². The van der Waals surface area contributed by atoms with Crippen molar-refractivity contribution >= 4 is 5.91 Å². The van der Waals surface area contributed by atoms with Gasteiger partial charge in [-0.05, 0) is 31.2 Å². The lowest BCUT2D eigenvalue weighted by atomic mass is 9.94. The molecule has 0 fully saturated rings. The van der Waals surface area contributed by atoms with E-state index in [4.69, 9.17) is 4.98 Å². The van der Waals surface area contributed by atoms with Crippen LogP contribution in [0.5, 0.6) is 0 Å². The van der Waals surface area contributed by atoms with Gasteiger partial charge in [-0.3, -0.25) is 9.89 Å². The Morgan fingerprint density at radius 3 is 2.85 bits per heavy atom. The standard InChI is InChI=1S/C20H27N5O/c1-20(2,3)19-21-10-13-11-25(12-17(13)22-19)18(26)9-8-16-14-6-4-5-7-15(14)23-24-16/h10H,4-9,11-12H2,1-3H3,(H,23,24). The number of nitrogens with one attached hydrogen (secondary N) is 1. The molecule has 0 saturated carbocycles. The number of amides is 1. The number of aryl methyl sites for hydroxylation is 2. The summed E-state index contributed by atoms with van der Waals surface area (Å²) in [5, 5.41) is 7.62. The van der Waals surface area contributed by atoms with Crippen LogP contribution in [-0.4, -0.2) is 31.0 Å². The predicted molar refractivity (Wildman–Crippen MR) is 98.5 cm³/mol. The van der Waals surface area contributed by atoms with E-state index in [1.54, 1.807) is 0 Å². The number of hydrogen-bond donors (Lipinski definition) is 1. The van der Waals surface area contributed by atoms with Crippen molar-refractivity contribution in [3.8, 4) is 0 Å². The fourth-order valence-electron chi connectivity index (χ4n) is 3.83. The Kier molecular flexibility index (Phi) is 4.29. The maximum atomic E-state index is 12.7. The second kappa shape index (κ2) is 6.49. The van der Waals surface area contributed by atoms with Gasteiger partial charge in [0.1, 0.15) is 5.82 Å². The first-order valence-electron chi connectivity index (χ1n) is 9.60. The van der Waals surface area contributed by atoms with E-state index in [9.17, 15) is 4.79 Å². The van der Waals surface area contributed by atoms with E-state index < -0.39 is 0 Å². The van der Waals surface area contributed by atoms with Crippen LogP contribution in [0.15, 0.2) is 6.20 Å². The van der Waals surface area contributed by atoms with Crippen LogP contribution in [-0.2, 0) is 42.6 Å². The number of rotatable bonds is 3. The summed E-state index contributed by atoms with van der Waals surface area (Å²) in [6.07, 6.45) is 7.75. The van der Waals surface area contributed by atoms with Crippen molar-refractivity contribution in [2.24, 2.45) is 0 Å². The minimum Gasteiger partial charge on any atom is -0.332 e. The van der Waals surface area contributed by atoms with Gasteiger partial charge in [0.05, 0.1) is 17.9 Å². The average Bonchev–Trinajstić information content (AvgIpc) is 3.22. The molecule has 26 heavy (non-hydrogen) atoms. The van der Waals surface area contributed by atoms with Crippen LogP contribution in [0.4, 0.5) is 0 Å². The Morgan fingerprint density at radius 2 is 2.04 bits per heavy atom. The molecule has 0 unspecified atom stereocenters. The van der Waals surface area contributed by atoms with Crippen molar-refractivity contribution in [2.75, 3.05) is 0 Å². The van der Waals surface area contributed by atoms with E-state index in [1.807, 2.05) is 11.1 Å². The lowest BCUT2D eigenvalue weighted by Gasteiger charge is -2.16. The van der Waals surface area contributed by atoms with Gasteiger partial charge in [-0.15, -0.1) is 0 Å². The predicted octanol–water partition coefficient (Wildman–Crippen LogP) is 2.85. The van der Waals surface area contributed by atoms with Gasteiger partial charge in [-0.25, -0.2) is 9.97 Å². The molecule has 6 nitrogen and oxygen atoms in total. The lowest BCUT2D eigenvalue weighted by Crippen LogP contribution is -2.25. The number of carbonyl (C=O) groups is 1. The lowest BCUT2D eigenvalue weighted by molar-refractivity contribution is -0.131. The quantitative estimate of drug-likeness (QED) is 0.921. The zero-order valence-corrected chi connectivity index (χ0v) is 15.9. The smallest absolute Gasteiger partial charge is 0.223 e. The highest BCUT2D eigenvalue weighted by Crippen LogP contribution is 2.26. The minimum atomic E-state index is -0.0779. The topological polar surface area (TPSA) is 74.8 Å². The molecule has 0 atom stereocenters. The summed E-state index contributed by atoms with van der Waals surface area (Å²) in [6.45, 7) is 7.54. The van der Waals surface area contributed by atoms with Gasteiger partial charge in [0.25, 0.3) is 0 Å². The zero-order valence-electron chi connectivity index (χ0n) is 15.9. The molecule has 2 aliphatic rings. The van der Waals surface area contributed by atoms with Gasteiger partial charge >= 0.3 is 0 Å².